The average molecular weight is 238 g/mol. The minimum Gasteiger partial charge on any atom is -0.490 e. The van der Waals surface area contributed by atoms with Gasteiger partial charge in [0, 0.05) is 0 Å². The smallest absolute Gasteiger partial charge is 0.119 e. The molecule has 0 atom stereocenters. The van der Waals surface area contributed by atoms with Crippen molar-refractivity contribution in [2.24, 2.45) is 0 Å². The van der Waals surface area contributed by atoms with Gasteiger partial charge in [0.25, 0.3) is 0 Å². The summed E-state index contributed by atoms with van der Waals surface area (Å²) in [4.78, 5) is 0. The van der Waals surface area contributed by atoms with Gasteiger partial charge in [-0.2, -0.15) is 0 Å². The number of hydrogen-bond donors (Lipinski definition) is 0. The number of allylic oxidation sites excluding steroid dienone is 1. The molecule has 0 aliphatic carbocycles. The van der Waals surface area contributed by atoms with E-state index in [4.69, 9.17) is 4.74 Å². The quantitative estimate of drug-likeness (QED) is 0.683. The summed E-state index contributed by atoms with van der Waals surface area (Å²) in [6.07, 6.45) is 6.40. The highest BCUT2D eigenvalue weighted by Crippen LogP contribution is 2.08. The molecule has 2 aromatic rings. The van der Waals surface area contributed by atoms with Crippen LogP contribution in [0.3, 0.4) is 0 Å². The first-order valence-electron chi connectivity index (χ1n) is 6.32. The van der Waals surface area contributed by atoms with Gasteiger partial charge in [-0.1, -0.05) is 60.7 Å². The highest BCUT2D eigenvalue weighted by Gasteiger charge is 1.89. The van der Waals surface area contributed by atoms with Gasteiger partial charge in [-0.15, -0.1) is 0 Å². The Kier molecular flexibility index (Phi) is 5.07. The van der Waals surface area contributed by atoms with Crippen LogP contribution in [0.2, 0.25) is 0 Å². The molecule has 0 fully saturated rings. The summed E-state index contributed by atoms with van der Waals surface area (Å²) < 4.78 is 5.57. The van der Waals surface area contributed by atoms with Crippen LogP contribution in [0.25, 0.3) is 0 Å². The van der Waals surface area contributed by atoms with E-state index >= 15 is 0 Å². The zero-order valence-electron chi connectivity index (χ0n) is 10.5. The number of hydrogen-bond acceptors (Lipinski definition) is 1. The summed E-state index contributed by atoms with van der Waals surface area (Å²) >= 11 is 0. The standard InChI is InChI=1S/C17H18O/c1-4-10-16(11-5-1)12-6-3-9-15-18-17-13-7-2-8-14-17/h1-5,7-11,13-14H,6,12,15H2/b9-3-. The number of rotatable bonds is 6. The molecule has 0 bridgehead atoms. The summed E-state index contributed by atoms with van der Waals surface area (Å²) in [5.74, 6) is 0.921. The van der Waals surface area contributed by atoms with Crippen LogP contribution in [0.1, 0.15) is 12.0 Å². The van der Waals surface area contributed by atoms with Gasteiger partial charge in [0.1, 0.15) is 12.4 Å². The van der Waals surface area contributed by atoms with E-state index in [0.717, 1.165) is 18.6 Å². The van der Waals surface area contributed by atoms with E-state index in [1.165, 1.54) is 5.56 Å². The summed E-state index contributed by atoms with van der Waals surface area (Å²) in [6, 6.07) is 20.4. The van der Waals surface area contributed by atoms with Gasteiger partial charge in [-0.25, -0.2) is 0 Å². The lowest BCUT2D eigenvalue weighted by Gasteiger charge is -2.01. The maximum Gasteiger partial charge on any atom is 0.119 e. The predicted molar refractivity (Wildman–Crippen MR) is 75.8 cm³/mol. The van der Waals surface area contributed by atoms with Crippen molar-refractivity contribution < 1.29 is 4.74 Å². The number of benzene rings is 2. The van der Waals surface area contributed by atoms with Gasteiger partial charge in [0.15, 0.2) is 0 Å². The van der Waals surface area contributed by atoms with Crippen molar-refractivity contribution >= 4 is 0 Å². The van der Waals surface area contributed by atoms with Crippen LogP contribution in [-0.2, 0) is 6.42 Å². The van der Waals surface area contributed by atoms with E-state index in [9.17, 15) is 0 Å². The van der Waals surface area contributed by atoms with Gasteiger partial charge < -0.3 is 4.74 Å². The molecular weight excluding hydrogens is 220 g/mol. The summed E-state index contributed by atoms with van der Waals surface area (Å²) in [5, 5.41) is 0. The average Bonchev–Trinajstić information content (AvgIpc) is 2.45. The van der Waals surface area contributed by atoms with Crippen LogP contribution in [-0.4, -0.2) is 6.61 Å². The molecule has 18 heavy (non-hydrogen) atoms. The van der Waals surface area contributed by atoms with Gasteiger partial charge in [0.05, 0.1) is 0 Å². The van der Waals surface area contributed by atoms with E-state index < -0.39 is 0 Å². The van der Waals surface area contributed by atoms with Crippen molar-refractivity contribution in [1.29, 1.82) is 0 Å². The van der Waals surface area contributed by atoms with Crippen LogP contribution >= 0.6 is 0 Å². The van der Waals surface area contributed by atoms with Crippen LogP contribution in [0.5, 0.6) is 5.75 Å². The first-order chi connectivity index (χ1) is 8.95. The van der Waals surface area contributed by atoms with E-state index in [2.05, 4.69) is 36.4 Å². The van der Waals surface area contributed by atoms with Crippen LogP contribution in [0.15, 0.2) is 72.8 Å². The van der Waals surface area contributed by atoms with Crippen LogP contribution in [0.4, 0.5) is 0 Å². The van der Waals surface area contributed by atoms with Gasteiger partial charge in [-0.05, 0) is 30.5 Å². The zero-order valence-corrected chi connectivity index (χ0v) is 10.5. The fraction of sp³-hybridized carbons (Fsp3) is 0.176. The molecule has 0 aromatic heterocycles. The summed E-state index contributed by atoms with van der Waals surface area (Å²) in [7, 11) is 0. The first kappa shape index (κ1) is 12.4. The van der Waals surface area contributed by atoms with Crippen molar-refractivity contribution in [1.82, 2.24) is 0 Å². The minimum atomic E-state index is 0.638. The Morgan fingerprint density at radius 3 is 2.17 bits per heavy atom. The fourth-order valence-electron chi connectivity index (χ4n) is 1.74. The molecule has 0 heterocycles. The SMILES string of the molecule is C(=C/COc1ccccc1)/CCc1ccccc1. The lowest BCUT2D eigenvalue weighted by Crippen LogP contribution is -1.92. The Bertz CT molecular complexity index is 414. The summed E-state index contributed by atoms with van der Waals surface area (Å²) in [5.41, 5.74) is 1.38. The highest BCUT2D eigenvalue weighted by molar-refractivity contribution is 5.21. The summed E-state index contributed by atoms with van der Waals surface area (Å²) in [6.45, 7) is 0.638. The lowest BCUT2D eigenvalue weighted by atomic mass is 10.1. The monoisotopic (exact) mass is 238 g/mol. The predicted octanol–water partition coefficient (Wildman–Crippen LogP) is 4.25. The Labute approximate surface area is 109 Å². The molecule has 1 heteroatoms. The Balaban J connectivity index is 1.64. The molecule has 2 aromatic carbocycles. The van der Waals surface area contributed by atoms with E-state index in [1.54, 1.807) is 0 Å². The maximum absolute atomic E-state index is 5.57. The van der Waals surface area contributed by atoms with Crippen molar-refractivity contribution in [3.8, 4) is 5.75 Å². The molecule has 0 unspecified atom stereocenters. The molecule has 92 valence electrons. The Hall–Kier alpha value is -2.02. The molecule has 0 spiro atoms. The number of para-hydroxylation sites is 1. The minimum absolute atomic E-state index is 0.638. The third-order valence-corrected chi connectivity index (χ3v) is 2.70. The van der Waals surface area contributed by atoms with Crippen LogP contribution < -0.4 is 4.74 Å². The molecule has 0 aliphatic heterocycles. The fourth-order valence-corrected chi connectivity index (χ4v) is 1.74. The molecule has 0 N–H and O–H groups in total. The third-order valence-electron chi connectivity index (χ3n) is 2.70. The lowest BCUT2D eigenvalue weighted by molar-refractivity contribution is 0.362. The van der Waals surface area contributed by atoms with E-state index in [-0.39, 0.29) is 0 Å². The third kappa shape index (κ3) is 4.46. The van der Waals surface area contributed by atoms with E-state index in [0.29, 0.717) is 6.61 Å². The first-order valence-corrected chi connectivity index (χ1v) is 6.32. The van der Waals surface area contributed by atoms with Gasteiger partial charge in [-0.3, -0.25) is 0 Å². The molecule has 0 saturated carbocycles. The number of ether oxygens (including phenoxy) is 1. The van der Waals surface area contributed by atoms with Gasteiger partial charge in [0.2, 0.25) is 0 Å². The highest BCUT2D eigenvalue weighted by atomic mass is 16.5. The van der Waals surface area contributed by atoms with Crippen molar-refractivity contribution in [2.45, 2.75) is 12.8 Å². The van der Waals surface area contributed by atoms with Crippen molar-refractivity contribution in [2.75, 3.05) is 6.61 Å². The number of aryl methyl sites for hydroxylation is 1. The second-order valence-corrected chi connectivity index (χ2v) is 4.12. The normalized spacial score (nSPS) is 10.7. The molecule has 1 nitrogen and oxygen atoms in total. The Morgan fingerprint density at radius 1 is 0.778 bits per heavy atom. The molecule has 0 saturated heterocycles. The molecular formula is C17H18O. The molecule has 0 radical (unpaired) electrons. The van der Waals surface area contributed by atoms with E-state index in [1.807, 2.05) is 36.4 Å². The second kappa shape index (κ2) is 7.33. The zero-order chi connectivity index (χ0) is 12.5. The topological polar surface area (TPSA) is 9.23 Å². The largest absolute Gasteiger partial charge is 0.490 e. The van der Waals surface area contributed by atoms with Crippen molar-refractivity contribution in [3.05, 3.63) is 78.4 Å². The second-order valence-electron chi connectivity index (χ2n) is 4.12. The van der Waals surface area contributed by atoms with Crippen LogP contribution in [0, 0.1) is 0 Å². The van der Waals surface area contributed by atoms with Crippen molar-refractivity contribution in [3.63, 3.8) is 0 Å². The van der Waals surface area contributed by atoms with Gasteiger partial charge >= 0.3 is 0 Å². The maximum atomic E-state index is 5.57. The molecule has 2 rings (SSSR count). The molecule has 0 amide bonds. The molecule has 0 aliphatic rings. The Morgan fingerprint density at radius 2 is 1.44 bits per heavy atom.